The van der Waals surface area contributed by atoms with Crippen LogP contribution in [-0.2, 0) is 22.4 Å². The van der Waals surface area contributed by atoms with E-state index in [4.69, 9.17) is 0 Å². The number of benzene rings is 3. The van der Waals surface area contributed by atoms with Crippen molar-refractivity contribution in [3.05, 3.63) is 96.1 Å². The Morgan fingerprint density at radius 3 is 1.97 bits per heavy atom. The maximum Gasteiger partial charge on any atom is 0.475 e. The van der Waals surface area contributed by atoms with Crippen LogP contribution in [0.1, 0.15) is 44.2 Å². The van der Waals surface area contributed by atoms with Crippen molar-refractivity contribution >= 4 is 18.8 Å². The number of hydrogen-bond donors (Lipinski definition) is 3. The maximum atomic E-state index is 13.1. The molecule has 0 spiro atoms. The molecule has 3 N–H and O–H groups in total. The molecule has 2 atom stereocenters. The SMILES string of the molecule is CC(C)C[C@H](NC(=O)[C@@H](CC(=O)CCc1ccc(-c2ccccc2)cc1)Cc1ccccc1)B(O)O. The van der Waals surface area contributed by atoms with E-state index in [0.29, 0.717) is 25.7 Å². The molecule has 3 aromatic carbocycles. The van der Waals surface area contributed by atoms with Gasteiger partial charge >= 0.3 is 7.12 Å². The van der Waals surface area contributed by atoms with Gasteiger partial charge in [-0.1, -0.05) is 98.8 Å². The van der Waals surface area contributed by atoms with Crippen molar-refractivity contribution in [2.45, 2.75) is 51.9 Å². The van der Waals surface area contributed by atoms with Gasteiger partial charge in [-0.2, -0.15) is 0 Å². The fourth-order valence-electron chi connectivity index (χ4n) is 4.37. The van der Waals surface area contributed by atoms with Crippen LogP contribution in [0.2, 0.25) is 0 Å². The molecular weight excluding hydrogens is 449 g/mol. The molecule has 36 heavy (non-hydrogen) atoms. The van der Waals surface area contributed by atoms with Gasteiger partial charge in [0.05, 0.1) is 5.94 Å². The van der Waals surface area contributed by atoms with Crippen LogP contribution >= 0.6 is 0 Å². The van der Waals surface area contributed by atoms with Gasteiger partial charge < -0.3 is 15.4 Å². The van der Waals surface area contributed by atoms with Crippen LogP contribution in [0.3, 0.4) is 0 Å². The Balaban J connectivity index is 1.62. The minimum atomic E-state index is -1.65. The first-order valence-electron chi connectivity index (χ1n) is 12.7. The van der Waals surface area contributed by atoms with Crippen molar-refractivity contribution in [3.8, 4) is 11.1 Å². The number of rotatable bonds is 13. The highest BCUT2D eigenvalue weighted by molar-refractivity contribution is 6.43. The zero-order valence-corrected chi connectivity index (χ0v) is 21.1. The zero-order valence-electron chi connectivity index (χ0n) is 21.1. The Labute approximate surface area is 214 Å². The Hall–Kier alpha value is -3.22. The molecular formula is C30H36BNO4. The van der Waals surface area contributed by atoms with Gasteiger partial charge in [0.15, 0.2) is 0 Å². The van der Waals surface area contributed by atoms with Gasteiger partial charge in [0.1, 0.15) is 5.78 Å². The number of amides is 1. The van der Waals surface area contributed by atoms with E-state index < -0.39 is 19.0 Å². The Morgan fingerprint density at radius 2 is 1.39 bits per heavy atom. The summed E-state index contributed by atoms with van der Waals surface area (Å²) in [6, 6.07) is 28.0. The Kier molecular flexibility index (Phi) is 10.5. The van der Waals surface area contributed by atoms with Crippen LogP contribution in [0.5, 0.6) is 0 Å². The number of aryl methyl sites for hydroxylation is 1. The van der Waals surface area contributed by atoms with Crippen molar-refractivity contribution in [2.24, 2.45) is 11.8 Å². The predicted octanol–water partition coefficient (Wildman–Crippen LogP) is 4.65. The van der Waals surface area contributed by atoms with E-state index >= 15 is 0 Å². The Bertz CT molecular complexity index is 1080. The third kappa shape index (κ3) is 8.78. The summed E-state index contributed by atoms with van der Waals surface area (Å²) in [5.41, 5.74) is 4.32. The molecule has 0 saturated heterocycles. The fraction of sp³-hybridized carbons (Fsp3) is 0.333. The number of nitrogens with one attached hydrogen (secondary N) is 1. The van der Waals surface area contributed by atoms with Gasteiger partial charge in [-0.05, 0) is 47.4 Å². The molecule has 3 rings (SSSR count). The number of hydrogen-bond acceptors (Lipinski definition) is 4. The molecule has 0 aromatic heterocycles. The molecule has 0 unspecified atom stereocenters. The second kappa shape index (κ2) is 13.8. The van der Waals surface area contributed by atoms with E-state index in [1.165, 1.54) is 0 Å². The third-order valence-electron chi connectivity index (χ3n) is 6.34. The first-order chi connectivity index (χ1) is 17.3. The summed E-state index contributed by atoms with van der Waals surface area (Å²) in [5.74, 6) is -1.47. The second-order valence-corrected chi connectivity index (χ2v) is 9.85. The smallest absolute Gasteiger partial charge is 0.426 e. The average Bonchev–Trinajstić information content (AvgIpc) is 2.88. The third-order valence-corrected chi connectivity index (χ3v) is 6.34. The highest BCUT2D eigenvalue weighted by Crippen LogP contribution is 2.21. The largest absolute Gasteiger partial charge is 0.475 e. The molecule has 0 aliphatic heterocycles. The molecule has 0 aliphatic rings. The van der Waals surface area contributed by atoms with Gasteiger partial charge in [0, 0.05) is 18.8 Å². The maximum absolute atomic E-state index is 13.1. The van der Waals surface area contributed by atoms with Crippen molar-refractivity contribution in [1.82, 2.24) is 5.32 Å². The predicted molar refractivity (Wildman–Crippen MR) is 145 cm³/mol. The summed E-state index contributed by atoms with van der Waals surface area (Å²) in [6.07, 6.45) is 1.92. The van der Waals surface area contributed by atoms with E-state index in [0.717, 1.165) is 22.3 Å². The standard InChI is InChI=1S/C30H36BNO4/c1-22(2)19-29(31(35)36)32-30(34)27(20-24-9-5-3-6-10-24)21-28(33)18-15-23-13-16-26(17-14-23)25-11-7-4-8-12-25/h3-14,16-17,22,27,29,35-36H,15,18-21H2,1-2H3,(H,32,34)/t27-,29+/m1/s1. The summed E-state index contributed by atoms with van der Waals surface area (Å²) >= 11 is 0. The van der Waals surface area contributed by atoms with E-state index in [1.807, 2.05) is 74.5 Å². The zero-order chi connectivity index (χ0) is 25.9. The van der Waals surface area contributed by atoms with Crippen molar-refractivity contribution < 1.29 is 19.6 Å². The molecule has 0 radical (unpaired) electrons. The highest BCUT2D eigenvalue weighted by Gasteiger charge is 2.30. The molecule has 6 heteroatoms. The lowest BCUT2D eigenvalue weighted by molar-refractivity contribution is -0.129. The fourth-order valence-corrected chi connectivity index (χ4v) is 4.37. The van der Waals surface area contributed by atoms with Crippen LogP contribution in [-0.4, -0.2) is 34.8 Å². The molecule has 3 aromatic rings. The van der Waals surface area contributed by atoms with Crippen LogP contribution in [0.25, 0.3) is 11.1 Å². The summed E-state index contributed by atoms with van der Waals surface area (Å²) in [5, 5.41) is 22.3. The van der Waals surface area contributed by atoms with Crippen LogP contribution in [0.4, 0.5) is 0 Å². The molecule has 188 valence electrons. The van der Waals surface area contributed by atoms with Crippen molar-refractivity contribution in [1.29, 1.82) is 0 Å². The molecule has 0 fully saturated rings. The van der Waals surface area contributed by atoms with E-state index in [-0.39, 0.29) is 24.0 Å². The monoisotopic (exact) mass is 485 g/mol. The lowest BCUT2D eigenvalue weighted by atomic mass is 9.74. The average molecular weight is 485 g/mol. The number of ketones is 1. The molecule has 0 bridgehead atoms. The van der Waals surface area contributed by atoms with Gasteiger partial charge in [0.25, 0.3) is 0 Å². The van der Waals surface area contributed by atoms with Crippen molar-refractivity contribution in [2.75, 3.05) is 0 Å². The van der Waals surface area contributed by atoms with E-state index in [1.54, 1.807) is 0 Å². The van der Waals surface area contributed by atoms with E-state index in [2.05, 4.69) is 29.6 Å². The summed E-state index contributed by atoms with van der Waals surface area (Å²) in [6.45, 7) is 3.91. The molecule has 1 amide bonds. The quantitative estimate of drug-likeness (QED) is 0.308. The van der Waals surface area contributed by atoms with Gasteiger partial charge in [-0.25, -0.2) is 0 Å². The minimum Gasteiger partial charge on any atom is -0.426 e. The number of carbonyl (C=O) groups is 2. The lowest BCUT2D eigenvalue weighted by Crippen LogP contribution is -2.49. The number of carbonyl (C=O) groups excluding carboxylic acids is 2. The highest BCUT2D eigenvalue weighted by atomic mass is 16.4. The van der Waals surface area contributed by atoms with Crippen molar-refractivity contribution in [3.63, 3.8) is 0 Å². The summed E-state index contributed by atoms with van der Waals surface area (Å²) in [7, 11) is -1.65. The van der Waals surface area contributed by atoms with Gasteiger partial charge in [-0.3, -0.25) is 9.59 Å². The van der Waals surface area contributed by atoms with Crippen LogP contribution in [0, 0.1) is 11.8 Å². The first kappa shape index (κ1) is 27.4. The first-order valence-corrected chi connectivity index (χ1v) is 12.7. The molecule has 5 nitrogen and oxygen atoms in total. The number of Topliss-reactive ketones (excluding diaryl/α,β-unsaturated/α-hetero) is 1. The molecule has 0 heterocycles. The van der Waals surface area contributed by atoms with Crippen LogP contribution in [0.15, 0.2) is 84.9 Å². The molecule has 0 saturated carbocycles. The van der Waals surface area contributed by atoms with Gasteiger partial charge in [0.2, 0.25) is 5.91 Å². The second-order valence-electron chi connectivity index (χ2n) is 9.85. The molecule has 0 aliphatic carbocycles. The van der Waals surface area contributed by atoms with Crippen LogP contribution < -0.4 is 5.32 Å². The lowest BCUT2D eigenvalue weighted by Gasteiger charge is -2.23. The normalized spacial score (nSPS) is 12.7. The summed E-state index contributed by atoms with van der Waals surface area (Å²) < 4.78 is 0. The topological polar surface area (TPSA) is 86.6 Å². The minimum absolute atomic E-state index is 0.0168. The van der Waals surface area contributed by atoms with E-state index in [9.17, 15) is 19.6 Å². The summed E-state index contributed by atoms with van der Waals surface area (Å²) in [4.78, 5) is 26.1. The Morgan fingerprint density at radius 1 is 0.806 bits per heavy atom. The van der Waals surface area contributed by atoms with Gasteiger partial charge in [-0.15, -0.1) is 0 Å².